The largest absolute Gasteiger partial charge is 0.456 e. The summed E-state index contributed by atoms with van der Waals surface area (Å²) >= 11 is 12.0. The number of nitrogens with one attached hydrogen (secondary N) is 2. The van der Waals surface area contributed by atoms with Crippen molar-refractivity contribution in [3.63, 3.8) is 0 Å². The molecule has 9 heteroatoms. The van der Waals surface area contributed by atoms with E-state index >= 15 is 0 Å². The molecule has 3 rings (SSSR count). The fourth-order valence-corrected chi connectivity index (χ4v) is 3.59. The molecular formula is C27H26Cl2N2O5. The number of amides is 2. The van der Waals surface area contributed by atoms with E-state index in [2.05, 4.69) is 10.6 Å². The van der Waals surface area contributed by atoms with E-state index in [1.807, 2.05) is 19.1 Å². The second-order valence-electron chi connectivity index (χ2n) is 7.86. The Kier molecular flexibility index (Phi) is 10.2. The second-order valence-corrected chi connectivity index (χ2v) is 8.71. The van der Waals surface area contributed by atoms with Crippen molar-refractivity contribution in [1.29, 1.82) is 0 Å². The topological polar surface area (TPSA) is 93.7 Å². The lowest BCUT2D eigenvalue weighted by Gasteiger charge is -2.09. The third-order valence-electron chi connectivity index (χ3n) is 5.05. The molecule has 0 unspecified atom stereocenters. The zero-order valence-electron chi connectivity index (χ0n) is 19.7. The minimum Gasteiger partial charge on any atom is -0.456 e. The van der Waals surface area contributed by atoms with Crippen LogP contribution in [0.4, 0.5) is 11.4 Å². The summed E-state index contributed by atoms with van der Waals surface area (Å²) in [4.78, 5) is 36.0. The van der Waals surface area contributed by atoms with Gasteiger partial charge >= 0.3 is 5.97 Å². The zero-order chi connectivity index (χ0) is 25.9. The van der Waals surface area contributed by atoms with E-state index in [1.165, 1.54) is 0 Å². The van der Waals surface area contributed by atoms with Gasteiger partial charge in [0.25, 0.3) is 5.91 Å². The lowest BCUT2D eigenvalue weighted by Crippen LogP contribution is -2.21. The van der Waals surface area contributed by atoms with Crippen molar-refractivity contribution in [3.05, 3.63) is 82.3 Å². The highest BCUT2D eigenvalue weighted by atomic mass is 35.5. The van der Waals surface area contributed by atoms with Crippen molar-refractivity contribution in [1.82, 2.24) is 0 Å². The molecule has 2 N–H and O–H groups in total. The van der Waals surface area contributed by atoms with Crippen LogP contribution in [0.2, 0.25) is 10.0 Å². The summed E-state index contributed by atoms with van der Waals surface area (Å²) in [5, 5.41) is 6.33. The fraction of sp³-hybridized carbons (Fsp3) is 0.222. The van der Waals surface area contributed by atoms with E-state index < -0.39 is 11.9 Å². The molecule has 0 aromatic heterocycles. The maximum Gasteiger partial charge on any atom is 0.306 e. The quantitative estimate of drug-likeness (QED) is 0.272. The van der Waals surface area contributed by atoms with Crippen LogP contribution < -0.4 is 15.4 Å². The van der Waals surface area contributed by atoms with Gasteiger partial charge < -0.3 is 20.1 Å². The molecule has 3 aromatic rings. The Morgan fingerprint density at radius 2 is 1.44 bits per heavy atom. The van der Waals surface area contributed by atoms with Crippen LogP contribution in [-0.2, 0) is 25.5 Å². The van der Waals surface area contributed by atoms with Gasteiger partial charge in [0.15, 0.2) is 6.61 Å². The average Bonchev–Trinajstić information content (AvgIpc) is 2.86. The van der Waals surface area contributed by atoms with Crippen LogP contribution in [0.3, 0.4) is 0 Å². The Morgan fingerprint density at radius 1 is 0.806 bits per heavy atom. The monoisotopic (exact) mass is 528 g/mol. The van der Waals surface area contributed by atoms with Crippen molar-refractivity contribution in [3.8, 4) is 11.5 Å². The van der Waals surface area contributed by atoms with Crippen molar-refractivity contribution < 1.29 is 23.9 Å². The van der Waals surface area contributed by atoms with Crippen molar-refractivity contribution >= 4 is 52.4 Å². The molecule has 2 amide bonds. The van der Waals surface area contributed by atoms with Crippen LogP contribution in [0.25, 0.3) is 0 Å². The second kappa shape index (κ2) is 13.5. The maximum absolute atomic E-state index is 12.2. The van der Waals surface area contributed by atoms with E-state index in [-0.39, 0.29) is 25.4 Å². The average molecular weight is 529 g/mol. The summed E-state index contributed by atoms with van der Waals surface area (Å²) in [6, 6.07) is 19.2. The first-order chi connectivity index (χ1) is 17.3. The number of hydrogen-bond acceptors (Lipinski definition) is 5. The number of carbonyl (C=O) groups is 3. The number of anilines is 2. The summed E-state index contributed by atoms with van der Waals surface area (Å²) in [7, 11) is 0. The van der Waals surface area contributed by atoms with Gasteiger partial charge in [-0.1, -0.05) is 42.3 Å². The van der Waals surface area contributed by atoms with E-state index in [9.17, 15) is 14.4 Å². The first-order valence-corrected chi connectivity index (χ1v) is 12.1. The predicted molar refractivity (Wildman–Crippen MR) is 141 cm³/mol. The number of halogens is 2. The van der Waals surface area contributed by atoms with E-state index in [1.54, 1.807) is 54.6 Å². The Balaban J connectivity index is 1.33. The van der Waals surface area contributed by atoms with Gasteiger partial charge in [0.1, 0.15) is 11.5 Å². The van der Waals surface area contributed by atoms with Crippen LogP contribution >= 0.6 is 23.2 Å². The van der Waals surface area contributed by atoms with Crippen LogP contribution in [0.15, 0.2) is 66.7 Å². The van der Waals surface area contributed by atoms with E-state index in [0.717, 1.165) is 12.0 Å². The minimum atomic E-state index is -0.540. The number of aryl methyl sites for hydroxylation is 1. The number of rotatable bonds is 11. The summed E-state index contributed by atoms with van der Waals surface area (Å²) in [5.41, 5.74) is 2.38. The van der Waals surface area contributed by atoms with Crippen LogP contribution in [0.5, 0.6) is 11.5 Å². The van der Waals surface area contributed by atoms with Gasteiger partial charge in [0.05, 0.1) is 5.02 Å². The molecular weight excluding hydrogens is 503 g/mol. The summed E-state index contributed by atoms with van der Waals surface area (Å²) < 4.78 is 10.7. The number of benzene rings is 3. The number of ether oxygens (including phenoxy) is 2. The first-order valence-electron chi connectivity index (χ1n) is 11.4. The molecule has 0 aliphatic heterocycles. The molecule has 0 saturated heterocycles. The smallest absolute Gasteiger partial charge is 0.306 e. The van der Waals surface area contributed by atoms with Gasteiger partial charge in [-0.25, -0.2) is 0 Å². The molecule has 0 spiro atoms. The van der Waals surface area contributed by atoms with Gasteiger partial charge in [-0.3, -0.25) is 14.4 Å². The maximum atomic E-state index is 12.2. The van der Waals surface area contributed by atoms with Gasteiger partial charge in [-0.2, -0.15) is 0 Å². The minimum absolute atomic E-state index is 0.0283. The molecule has 188 valence electrons. The Bertz CT molecular complexity index is 1200. The zero-order valence-corrected chi connectivity index (χ0v) is 21.2. The standard InChI is InChI=1S/C27H26Cl2N2O5/c1-2-18-6-9-20(10-7-18)31-26(33)17-35-27(34)5-3-4-25(32)30-21-11-13-22(14-12-21)36-24-15-8-19(28)16-23(24)29/h6-16H,2-5,17H2,1H3,(H,30,32)(H,31,33). The number of carbonyl (C=O) groups excluding carboxylic acids is 3. The van der Waals surface area contributed by atoms with Gasteiger partial charge in [0, 0.05) is 29.2 Å². The Morgan fingerprint density at radius 3 is 2.08 bits per heavy atom. The van der Waals surface area contributed by atoms with Crippen molar-refractivity contribution in [2.24, 2.45) is 0 Å². The molecule has 0 aliphatic rings. The SMILES string of the molecule is CCc1ccc(NC(=O)COC(=O)CCCC(=O)Nc2ccc(Oc3ccc(Cl)cc3Cl)cc2)cc1. The summed E-state index contributed by atoms with van der Waals surface area (Å²) in [6.07, 6.45) is 1.36. The number of hydrogen-bond donors (Lipinski definition) is 2. The molecule has 7 nitrogen and oxygen atoms in total. The molecule has 0 radical (unpaired) electrons. The van der Waals surface area contributed by atoms with Crippen LogP contribution in [0.1, 0.15) is 31.7 Å². The molecule has 3 aromatic carbocycles. The van der Waals surface area contributed by atoms with E-state index in [0.29, 0.717) is 39.3 Å². The lowest BCUT2D eigenvalue weighted by atomic mass is 10.1. The Hall–Kier alpha value is -3.55. The normalized spacial score (nSPS) is 10.4. The van der Waals surface area contributed by atoms with Crippen LogP contribution in [0, 0.1) is 0 Å². The third-order valence-corrected chi connectivity index (χ3v) is 5.59. The summed E-state index contributed by atoms with van der Waals surface area (Å²) in [5.74, 6) is -0.196. The highest BCUT2D eigenvalue weighted by Crippen LogP contribution is 2.32. The van der Waals surface area contributed by atoms with Gasteiger partial charge in [0.2, 0.25) is 5.91 Å². The molecule has 0 bridgehead atoms. The highest BCUT2D eigenvalue weighted by molar-refractivity contribution is 6.35. The molecule has 0 heterocycles. The molecule has 0 aliphatic carbocycles. The number of esters is 1. The molecule has 0 fully saturated rings. The Labute approximate surface area is 219 Å². The van der Waals surface area contributed by atoms with Crippen LogP contribution in [-0.4, -0.2) is 24.4 Å². The summed E-state index contributed by atoms with van der Waals surface area (Å²) in [6.45, 7) is 1.67. The lowest BCUT2D eigenvalue weighted by molar-refractivity contribution is -0.147. The first kappa shape index (κ1) is 27.0. The van der Waals surface area contributed by atoms with E-state index in [4.69, 9.17) is 32.7 Å². The van der Waals surface area contributed by atoms with Crippen molar-refractivity contribution in [2.45, 2.75) is 32.6 Å². The van der Waals surface area contributed by atoms with Gasteiger partial charge in [-0.15, -0.1) is 0 Å². The highest BCUT2D eigenvalue weighted by Gasteiger charge is 2.10. The third kappa shape index (κ3) is 8.91. The molecule has 0 saturated carbocycles. The molecule has 36 heavy (non-hydrogen) atoms. The fourth-order valence-electron chi connectivity index (χ4n) is 3.15. The van der Waals surface area contributed by atoms with Gasteiger partial charge in [-0.05, 0) is 73.0 Å². The van der Waals surface area contributed by atoms with Crippen molar-refractivity contribution in [2.75, 3.05) is 17.2 Å². The molecule has 0 atom stereocenters. The predicted octanol–water partition coefficient (Wildman–Crippen LogP) is 6.64.